The van der Waals surface area contributed by atoms with E-state index in [9.17, 15) is 19.5 Å². The van der Waals surface area contributed by atoms with Gasteiger partial charge in [0.25, 0.3) is 11.8 Å². The molecule has 0 saturated carbocycles. The second kappa shape index (κ2) is 17.2. The van der Waals surface area contributed by atoms with Gasteiger partial charge in [0.1, 0.15) is 6.61 Å². The van der Waals surface area contributed by atoms with Crippen molar-refractivity contribution in [1.29, 1.82) is 0 Å². The van der Waals surface area contributed by atoms with Crippen LogP contribution in [0.15, 0.2) is 0 Å². The Kier molecular flexibility index (Phi) is 16.1. The van der Waals surface area contributed by atoms with Gasteiger partial charge in [0.15, 0.2) is 0 Å². The predicted molar refractivity (Wildman–Crippen MR) is 132 cm³/mol. The first-order valence-corrected chi connectivity index (χ1v) is 11.8. The first-order valence-electron chi connectivity index (χ1n) is 11.3. The fraction of sp³-hybridized carbons (Fsp3) is 0.609. The van der Waals surface area contributed by atoms with Crippen molar-refractivity contribution in [1.82, 2.24) is 10.6 Å². The Hall–Kier alpha value is -2.24. The average Bonchev–Trinajstić information content (AvgIpc) is 2.83. The quantitative estimate of drug-likeness (QED) is 0.172. The van der Waals surface area contributed by atoms with Crippen molar-refractivity contribution in [3.8, 4) is 0 Å². The summed E-state index contributed by atoms with van der Waals surface area (Å²) < 4.78 is 5.16. The highest BCUT2D eigenvalue weighted by Gasteiger charge is 2.27. The highest BCUT2D eigenvalue weighted by atomic mass is 35.5. The van der Waals surface area contributed by atoms with Crippen molar-refractivity contribution in [2.75, 3.05) is 50.7 Å². The predicted octanol–water partition coefficient (Wildman–Crippen LogP) is 0.891. The number of aliphatic hydroxyl groups is 3. The Bertz CT molecular complexity index is 818. The van der Waals surface area contributed by atoms with Gasteiger partial charge in [-0.1, -0.05) is 20.8 Å². The summed E-state index contributed by atoms with van der Waals surface area (Å²) >= 11 is 5.55. The van der Waals surface area contributed by atoms with Gasteiger partial charge in [0.2, 0.25) is 5.91 Å². The van der Waals surface area contributed by atoms with E-state index in [0.29, 0.717) is 28.8 Å². The Morgan fingerprint density at radius 2 is 1.65 bits per heavy atom. The molecular weight excluding hydrogens is 466 g/mol. The molecule has 0 aliphatic heterocycles. The maximum Gasteiger partial charge on any atom is 0.252 e. The van der Waals surface area contributed by atoms with Crippen molar-refractivity contribution < 1.29 is 34.4 Å². The van der Waals surface area contributed by atoms with E-state index in [1.54, 1.807) is 20.8 Å². The third-order valence-electron chi connectivity index (χ3n) is 4.74. The molecule has 0 saturated heterocycles. The summed E-state index contributed by atoms with van der Waals surface area (Å²) in [5, 5.41) is 35.5. The average molecular weight is 504 g/mol. The van der Waals surface area contributed by atoms with Gasteiger partial charge < -0.3 is 36.0 Å². The van der Waals surface area contributed by atoms with Gasteiger partial charge >= 0.3 is 0 Å². The number of carbonyl (C=O) groups excluding carboxylic acids is 3. The third kappa shape index (κ3) is 9.19. The molecule has 0 aromatic heterocycles. The van der Waals surface area contributed by atoms with Crippen LogP contribution in [-0.4, -0.2) is 84.5 Å². The molecule has 1 atom stereocenters. The van der Waals surface area contributed by atoms with Crippen LogP contribution in [0.4, 0.5) is 5.69 Å². The summed E-state index contributed by atoms with van der Waals surface area (Å²) in [5.74, 6) is -1.30. The number of alkyl halides is 1. The summed E-state index contributed by atoms with van der Waals surface area (Å²) in [6, 6.07) is 0. The zero-order valence-corrected chi connectivity index (χ0v) is 21.3. The number of ether oxygens (including phenoxy) is 1. The molecule has 0 radical (unpaired) electrons. The van der Waals surface area contributed by atoms with Gasteiger partial charge in [0.05, 0.1) is 25.9 Å². The molecule has 10 nitrogen and oxygen atoms in total. The first-order chi connectivity index (χ1) is 16.2. The minimum atomic E-state index is -1.14. The number of carbonyl (C=O) groups is 3. The maximum absolute atomic E-state index is 13.0. The summed E-state index contributed by atoms with van der Waals surface area (Å²) in [6.45, 7) is 8.07. The molecule has 194 valence electrons. The summed E-state index contributed by atoms with van der Waals surface area (Å²) in [6.07, 6.45) is -0.774. The van der Waals surface area contributed by atoms with E-state index in [1.165, 1.54) is 0 Å². The third-order valence-corrected chi connectivity index (χ3v) is 4.89. The summed E-state index contributed by atoms with van der Waals surface area (Å²) in [5.41, 5.74) is 2.07. The molecule has 0 fully saturated rings. The number of halogens is 1. The van der Waals surface area contributed by atoms with Crippen LogP contribution in [-0.2, 0) is 16.0 Å². The zero-order valence-electron chi connectivity index (χ0n) is 20.6. The maximum atomic E-state index is 13.0. The number of rotatable bonds is 13. The molecule has 0 spiro atoms. The fourth-order valence-corrected chi connectivity index (χ4v) is 3.40. The van der Waals surface area contributed by atoms with Crippen LogP contribution in [0.3, 0.4) is 0 Å². The smallest absolute Gasteiger partial charge is 0.252 e. The van der Waals surface area contributed by atoms with Crippen molar-refractivity contribution in [3.63, 3.8) is 0 Å². The van der Waals surface area contributed by atoms with Crippen molar-refractivity contribution in [2.24, 2.45) is 0 Å². The zero-order chi connectivity index (χ0) is 26.3. The Labute approximate surface area is 206 Å². The lowest BCUT2D eigenvalue weighted by Crippen LogP contribution is -2.36. The summed E-state index contributed by atoms with van der Waals surface area (Å²) in [7, 11) is 0. The lowest BCUT2D eigenvalue weighted by Gasteiger charge is -2.23. The van der Waals surface area contributed by atoms with Crippen LogP contribution < -0.4 is 16.0 Å². The lowest BCUT2D eigenvalue weighted by atomic mass is 9.88. The minimum absolute atomic E-state index is 0.0193. The normalized spacial score (nSPS) is 11.2. The highest BCUT2D eigenvalue weighted by molar-refractivity contribution is 6.18. The van der Waals surface area contributed by atoms with E-state index in [2.05, 4.69) is 16.0 Å². The fourth-order valence-electron chi connectivity index (χ4n) is 3.30. The van der Waals surface area contributed by atoms with E-state index in [1.807, 2.05) is 13.8 Å². The number of hydrogen-bond acceptors (Lipinski definition) is 7. The van der Waals surface area contributed by atoms with E-state index < -0.39 is 30.4 Å². The van der Waals surface area contributed by atoms with Crippen LogP contribution in [0.25, 0.3) is 0 Å². The summed E-state index contributed by atoms with van der Waals surface area (Å²) in [4.78, 5) is 38.2. The van der Waals surface area contributed by atoms with Gasteiger partial charge in [-0.05, 0) is 37.0 Å². The standard InChI is InChI=1S/C21H32ClN3O7.C2H6/c1-4-15-18(21(31)24-9-14(28)10-27)12(2)17(20(30)23-6-7-26)13(3)19(15)25-16(29)11-32-8-5-22;1-2/h14,26-28H,4-11H2,1-3H3,(H,23,30)(H,24,31)(H,25,29);1-2H3. The molecule has 0 heterocycles. The minimum Gasteiger partial charge on any atom is -0.395 e. The van der Waals surface area contributed by atoms with E-state index >= 15 is 0 Å². The van der Waals surface area contributed by atoms with Gasteiger partial charge in [-0.3, -0.25) is 14.4 Å². The van der Waals surface area contributed by atoms with Crippen LogP contribution in [0.2, 0.25) is 0 Å². The van der Waals surface area contributed by atoms with Crippen molar-refractivity contribution in [3.05, 3.63) is 27.8 Å². The molecule has 3 amide bonds. The SMILES string of the molecule is CC.CCc1c(NC(=O)COCCCl)c(C)c(C(=O)NCCO)c(C)c1C(=O)NCC(O)CO. The van der Waals surface area contributed by atoms with Gasteiger partial charge in [-0.25, -0.2) is 0 Å². The molecular formula is C23H38ClN3O7. The Morgan fingerprint density at radius 3 is 2.18 bits per heavy atom. The van der Waals surface area contributed by atoms with Gasteiger partial charge in [-0.2, -0.15) is 0 Å². The number of aliphatic hydroxyl groups excluding tert-OH is 3. The molecule has 1 aromatic rings. The van der Waals surface area contributed by atoms with Crippen LogP contribution in [0, 0.1) is 13.8 Å². The molecule has 11 heteroatoms. The largest absolute Gasteiger partial charge is 0.395 e. The molecule has 1 aromatic carbocycles. The molecule has 0 aliphatic rings. The van der Waals surface area contributed by atoms with Crippen molar-refractivity contribution >= 4 is 35.0 Å². The topological polar surface area (TPSA) is 157 Å². The molecule has 6 N–H and O–H groups in total. The monoisotopic (exact) mass is 503 g/mol. The van der Waals surface area contributed by atoms with Gasteiger partial charge in [-0.15, -0.1) is 11.6 Å². The Morgan fingerprint density at radius 1 is 1.03 bits per heavy atom. The van der Waals surface area contributed by atoms with Crippen LogP contribution in [0.5, 0.6) is 0 Å². The molecule has 0 aliphatic carbocycles. The molecule has 34 heavy (non-hydrogen) atoms. The first kappa shape index (κ1) is 31.8. The van der Waals surface area contributed by atoms with E-state index in [0.717, 1.165) is 0 Å². The van der Waals surface area contributed by atoms with Crippen molar-refractivity contribution in [2.45, 2.75) is 47.1 Å². The number of anilines is 1. The number of hydrogen-bond donors (Lipinski definition) is 6. The van der Waals surface area contributed by atoms with Gasteiger partial charge in [0, 0.05) is 35.8 Å². The number of nitrogens with one attached hydrogen (secondary N) is 3. The number of benzene rings is 1. The number of amides is 3. The van der Waals surface area contributed by atoms with Crippen LogP contribution in [0.1, 0.15) is 58.2 Å². The lowest BCUT2D eigenvalue weighted by molar-refractivity contribution is -0.120. The molecule has 1 rings (SSSR count). The molecule has 0 bridgehead atoms. The van der Waals surface area contributed by atoms with E-state index in [-0.39, 0.29) is 49.9 Å². The van der Waals surface area contributed by atoms with Crippen LogP contribution >= 0.6 is 11.6 Å². The van der Waals surface area contributed by atoms with E-state index in [4.69, 9.17) is 26.6 Å². The second-order valence-corrected chi connectivity index (χ2v) is 7.40. The second-order valence-electron chi connectivity index (χ2n) is 7.02. The highest BCUT2D eigenvalue weighted by Crippen LogP contribution is 2.32. The molecule has 1 unspecified atom stereocenters. The Balaban J connectivity index is 0.00000529.